The van der Waals surface area contributed by atoms with E-state index in [4.69, 9.17) is 9.47 Å². The standard InChI is InChI=1S/C29H48O2/c1-20(2)13-26(28(5,6)7)24-9-11-25(12-10-24)31-27(30-8)19-29-16-21(3)14-23(18-29)15-22(4)17-29/h9-12,20-23,26-27H,13-19H2,1-8H3. The molecular weight excluding hydrogens is 380 g/mol. The van der Waals surface area contributed by atoms with E-state index in [1.54, 1.807) is 0 Å². The monoisotopic (exact) mass is 428 g/mol. The lowest BCUT2D eigenvalue weighted by molar-refractivity contribution is -0.109. The molecule has 2 aliphatic rings. The van der Waals surface area contributed by atoms with Crippen molar-refractivity contribution >= 4 is 0 Å². The van der Waals surface area contributed by atoms with Gasteiger partial charge in [-0.25, -0.2) is 0 Å². The van der Waals surface area contributed by atoms with Crippen LogP contribution in [-0.4, -0.2) is 13.4 Å². The molecule has 176 valence electrons. The molecule has 2 heteroatoms. The van der Waals surface area contributed by atoms with E-state index in [-0.39, 0.29) is 11.7 Å². The maximum Gasteiger partial charge on any atom is 0.200 e. The number of benzene rings is 1. The van der Waals surface area contributed by atoms with Crippen LogP contribution in [0.5, 0.6) is 5.75 Å². The maximum atomic E-state index is 6.40. The van der Waals surface area contributed by atoms with Crippen LogP contribution in [0.3, 0.4) is 0 Å². The summed E-state index contributed by atoms with van der Waals surface area (Å²) in [6.45, 7) is 16.6. The Balaban J connectivity index is 1.69. The second-order valence-electron chi connectivity index (χ2n) is 12.8. The molecule has 0 spiro atoms. The molecule has 0 radical (unpaired) electrons. The van der Waals surface area contributed by atoms with Crippen molar-refractivity contribution in [3.63, 3.8) is 0 Å². The van der Waals surface area contributed by atoms with Crippen molar-refractivity contribution < 1.29 is 9.47 Å². The molecule has 0 heterocycles. The average molecular weight is 429 g/mol. The van der Waals surface area contributed by atoms with Gasteiger partial charge in [0.2, 0.25) is 0 Å². The fourth-order valence-electron chi connectivity index (χ4n) is 7.08. The van der Waals surface area contributed by atoms with Gasteiger partial charge in [-0.05, 0) is 96.6 Å². The van der Waals surface area contributed by atoms with Crippen LogP contribution < -0.4 is 4.74 Å². The molecule has 2 bridgehead atoms. The molecule has 0 saturated heterocycles. The molecule has 2 fully saturated rings. The Morgan fingerprint density at radius 3 is 2.03 bits per heavy atom. The van der Waals surface area contributed by atoms with Gasteiger partial charge in [0.25, 0.3) is 0 Å². The van der Waals surface area contributed by atoms with Crippen LogP contribution in [0.4, 0.5) is 0 Å². The van der Waals surface area contributed by atoms with Crippen molar-refractivity contribution in [1.82, 2.24) is 0 Å². The van der Waals surface area contributed by atoms with Crippen molar-refractivity contribution in [3.8, 4) is 5.75 Å². The molecule has 0 amide bonds. The largest absolute Gasteiger partial charge is 0.465 e. The van der Waals surface area contributed by atoms with Gasteiger partial charge in [-0.15, -0.1) is 0 Å². The van der Waals surface area contributed by atoms with Crippen molar-refractivity contribution in [2.24, 2.45) is 34.5 Å². The molecular formula is C29H48O2. The third-order valence-electron chi connectivity index (χ3n) is 7.92. The van der Waals surface area contributed by atoms with Crippen molar-refractivity contribution in [1.29, 1.82) is 0 Å². The van der Waals surface area contributed by atoms with Crippen LogP contribution in [0, 0.1) is 34.5 Å². The zero-order valence-corrected chi connectivity index (χ0v) is 21.5. The van der Waals surface area contributed by atoms with Gasteiger partial charge in [-0.3, -0.25) is 0 Å². The second-order valence-corrected chi connectivity index (χ2v) is 12.8. The molecule has 0 aliphatic heterocycles. The van der Waals surface area contributed by atoms with E-state index in [0.29, 0.717) is 17.3 Å². The Bertz CT molecular complexity index is 664. The molecule has 1 aromatic rings. The maximum absolute atomic E-state index is 6.40. The first-order valence-electron chi connectivity index (χ1n) is 12.8. The molecule has 31 heavy (non-hydrogen) atoms. The predicted octanol–water partition coefficient (Wildman–Crippen LogP) is 8.46. The zero-order chi connectivity index (χ0) is 22.8. The summed E-state index contributed by atoms with van der Waals surface area (Å²) in [5.74, 6) is 4.75. The minimum atomic E-state index is -0.156. The zero-order valence-electron chi connectivity index (χ0n) is 21.5. The van der Waals surface area contributed by atoms with Gasteiger partial charge in [0.15, 0.2) is 6.29 Å². The van der Waals surface area contributed by atoms with Crippen LogP contribution >= 0.6 is 0 Å². The Hall–Kier alpha value is -1.02. The normalized spacial score (nSPS) is 30.8. The highest BCUT2D eigenvalue weighted by Gasteiger charge is 2.45. The summed E-state index contributed by atoms with van der Waals surface area (Å²) >= 11 is 0. The Morgan fingerprint density at radius 1 is 0.968 bits per heavy atom. The van der Waals surface area contributed by atoms with Gasteiger partial charge < -0.3 is 9.47 Å². The van der Waals surface area contributed by atoms with E-state index in [1.807, 2.05) is 7.11 Å². The van der Waals surface area contributed by atoms with Crippen molar-refractivity contribution in [2.45, 2.75) is 106 Å². The molecule has 0 aromatic heterocycles. The Kier molecular flexibility index (Phi) is 7.83. The van der Waals surface area contributed by atoms with E-state index >= 15 is 0 Å². The lowest BCUT2D eigenvalue weighted by Gasteiger charge is -2.51. The summed E-state index contributed by atoms with van der Waals surface area (Å²) in [7, 11) is 1.81. The number of hydrogen-bond acceptors (Lipinski definition) is 2. The first-order chi connectivity index (χ1) is 14.5. The van der Waals surface area contributed by atoms with Crippen LogP contribution in [0.1, 0.15) is 105 Å². The summed E-state index contributed by atoms with van der Waals surface area (Å²) in [6.07, 6.45) is 8.94. The molecule has 1 aromatic carbocycles. The lowest BCUT2D eigenvalue weighted by atomic mass is 9.55. The molecule has 0 N–H and O–H groups in total. The predicted molar refractivity (Wildman–Crippen MR) is 131 cm³/mol. The van der Waals surface area contributed by atoms with E-state index in [2.05, 4.69) is 72.7 Å². The highest BCUT2D eigenvalue weighted by atomic mass is 16.7. The second kappa shape index (κ2) is 9.86. The van der Waals surface area contributed by atoms with Crippen molar-refractivity contribution in [3.05, 3.63) is 29.8 Å². The SMILES string of the molecule is COC(CC12CC(C)CC(CC(C)C1)C2)Oc1ccc(C(CC(C)C)C(C)(C)C)cc1. The van der Waals surface area contributed by atoms with Crippen LogP contribution in [0.2, 0.25) is 0 Å². The van der Waals surface area contributed by atoms with Gasteiger partial charge in [-0.2, -0.15) is 0 Å². The summed E-state index contributed by atoms with van der Waals surface area (Å²) in [4.78, 5) is 0. The lowest BCUT2D eigenvalue weighted by Crippen LogP contribution is -2.42. The van der Waals surface area contributed by atoms with Crippen molar-refractivity contribution in [2.75, 3.05) is 7.11 Å². The van der Waals surface area contributed by atoms with Gasteiger partial charge >= 0.3 is 0 Å². The quantitative estimate of drug-likeness (QED) is 0.387. The number of hydrogen-bond donors (Lipinski definition) is 0. The van der Waals surface area contributed by atoms with E-state index in [9.17, 15) is 0 Å². The molecule has 2 nitrogen and oxygen atoms in total. The average Bonchev–Trinajstić information content (AvgIpc) is 2.64. The molecule has 3 rings (SSSR count). The third kappa shape index (κ3) is 6.50. The van der Waals surface area contributed by atoms with Crippen LogP contribution in [0.15, 0.2) is 24.3 Å². The van der Waals surface area contributed by atoms with Crippen LogP contribution in [-0.2, 0) is 4.74 Å². The third-order valence-corrected chi connectivity index (χ3v) is 7.92. The Labute approximate surface area is 192 Å². The van der Waals surface area contributed by atoms with E-state index in [1.165, 1.54) is 44.1 Å². The smallest absolute Gasteiger partial charge is 0.200 e. The first-order valence-corrected chi connectivity index (χ1v) is 12.8. The topological polar surface area (TPSA) is 18.5 Å². The van der Waals surface area contributed by atoms with Gasteiger partial charge in [0, 0.05) is 13.5 Å². The minimum absolute atomic E-state index is 0.156. The van der Waals surface area contributed by atoms with Gasteiger partial charge in [0.05, 0.1) is 0 Å². The highest BCUT2D eigenvalue weighted by molar-refractivity contribution is 5.30. The molecule has 4 unspecified atom stereocenters. The van der Waals surface area contributed by atoms with Crippen LogP contribution in [0.25, 0.3) is 0 Å². The summed E-state index contributed by atoms with van der Waals surface area (Å²) in [5.41, 5.74) is 2.08. The summed E-state index contributed by atoms with van der Waals surface area (Å²) in [6, 6.07) is 8.88. The molecule has 2 saturated carbocycles. The first kappa shape index (κ1) is 24.6. The fourth-order valence-corrected chi connectivity index (χ4v) is 7.08. The number of fused-ring (bicyclic) bond motifs is 2. The number of rotatable bonds is 8. The molecule has 4 atom stereocenters. The number of methoxy groups -OCH3 is 1. The molecule has 2 aliphatic carbocycles. The summed E-state index contributed by atoms with van der Waals surface area (Å²) in [5, 5.41) is 0. The Morgan fingerprint density at radius 2 is 1.55 bits per heavy atom. The number of ether oxygens (including phenoxy) is 2. The fraction of sp³-hybridized carbons (Fsp3) is 0.793. The minimum Gasteiger partial charge on any atom is -0.465 e. The van der Waals surface area contributed by atoms with Gasteiger partial charge in [0.1, 0.15) is 5.75 Å². The van der Waals surface area contributed by atoms with E-state index < -0.39 is 0 Å². The summed E-state index contributed by atoms with van der Waals surface area (Å²) < 4.78 is 12.3. The highest BCUT2D eigenvalue weighted by Crippen LogP contribution is 2.55. The van der Waals surface area contributed by atoms with Gasteiger partial charge in [-0.1, -0.05) is 60.6 Å². The van der Waals surface area contributed by atoms with E-state index in [0.717, 1.165) is 29.9 Å².